The van der Waals surface area contributed by atoms with Crippen molar-refractivity contribution in [1.29, 1.82) is 0 Å². The second-order valence-electron chi connectivity index (χ2n) is 7.60. The van der Waals surface area contributed by atoms with Gasteiger partial charge in [-0.2, -0.15) is 0 Å². The molecule has 3 nitrogen and oxygen atoms in total. The van der Waals surface area contributed by atoms with Crippen LogP contribution in [0.3, 0.4) is 0 Å². The van der Waals surface area contributed by atoms with Crippen LogP contribution >= 0.6 is 0 Å². The van der Waals surface area contributed by atoms with Gasteiger partial charge in [0.15, 0.2) is 0 Å². The molecule has 1 saturated heterocycles. The zero-order chi connectivity index (χ0) is 14.2. The van der Waals surface area contributed by atoms with Gasteiger partial charge in [-0.3, -0.25) is 0 Å². The van der Waals surface area contributed by atoms with E-state index in [-0.39, 0.29) is 11.0 Å². The van der Waals surface area contributed by atoms with Gasteiger partial charge in [0.1, 0.15) is 5.76 Å². The van der Waals surface area contributed by atoms with Crippen molar-refractivity contribution in [3.05, 3.63) is 24.2 Å². The van der Waals surface area contributed by atoms with Gasteiger partial charge < -0.3 is 14.5 Å². The predicted octanol–water partition coefficient (Wildman–Crippen LogP) is 3.40. The predicted molar refractivity (Wildman–Crippen MR) is 79.7 cm³/mol. The van der Waals surface area contributed by atoms with E-state index >= 15 is 0 Å². The van der Waals surface area contributed by atoms with Crippen molar-refractivity contribution >= 4 is 0 Å². The van der Waals surface area contributed by atoms with E-state index in [0.717, 1.165) is 37.7 Å². The van der Waals surface area contributed by atoms with Gasteiger partial charge in [0.2, 0.25) is 0 Å². The summed E-state index contributed by atoms with van der Waals surface area (Å²) in [4.78, 5) is 0. The number of ether oxygens (including phenoxy) is 1. The average Bonchev–Trinajstić information content (AvgIpc) is 2.93. The van der Waals surface area contributed by atoms with E-state index in [4.69, 9.17) is 9.15 Å². The first-order valence-corrected chi connectivity index (χ1v) is 7.88. The van der Waals surface area contributed by atoms with Crippen LogP contribution in [0.1, 0.15) is 45.8 Å². The van der Waals surface area contributed by atoms with Crippen LogP contribution < -0.4 is 5.32 Å². The molecule has 0 spiro atoms. The molecule has 0 amide bonds. The summed E-state index contributed by atoms with van der Waals surface area (Å²) in [5.41, 5.74) is 0.346. The van der Waals surface area contributed by atoms with E-state index in [9.17, 15) is 0 Å². The van der Waals surface area contributed by atoms with Crippen LogP contribution in [0, 0.1) is 11.3 Å². The summed E-state index contributed by atoms with van der Waals surface area (Å²) in [5, 5.41) is 3.71. The van der Waals surface area contributed by atoms with Gasteiger partial charge in [0.05, 0.1) is 12.4 Å². The van der Waals surface area contributed by atoms with Crippen molar-refractivity contribution in [1.82, 2.24) is 5.32 Å². The molecule has 1 aromatic rings. The van der Waals surface area contributed by atoms with Crippen LogP contribution in [0.2, 0.25) is 0 Å². The molecule has 112 valence electrons. The molecule has 0 bridgehead atoms. The summed E-state index contributed by atoms with van der Waals surface area (Å²) < 4.78 is 11.7. The number of hydrogen-bond donors (Lipinski definition) is 1. The highest BCUT2D eigenvalue weighted by Crippen LogP contribution is 2.49. The highest BCUT2D eigenvalue weighted by atomic mass is 16.5. The fourth-order valence-corrected chi connectivity index (χ4v) is 3.39. The summed E-state index contributed by atoms with van der Waals surface area (Å²) in [5.74, 6) is 1.87. The van der Waals surface area contributed by atoms with Crippen LogP contribution in [-0.2, 0) is 11.2 Å². The Bertz CT molecular complexity index is 430. The van der Waals surface area contributed by atoms with Gasteiger partial charge in [-0.05, 0) is 58.1 Å². The Balaban J connectivity index is 1.78. The maximum Gasteiger partial charge on any atom is 0.104 e. The summed E-state index contributed by atoms with van der Waals surface area (Å²) in [6, 6.07) is 4.09. The fraction of sp³-hybridized carbons (Fsp3) is 0.765. The summed E-state index contributed by atoms with van der Waals surface area (Å²) in [6.45, 7) is 8.60. The first kappa shape index (κ1) is 14.2. The molecule has 3 rings (SSSR count). The molecular formula is C17H27NO2. The smallest absolute Gasteiger partial charge is 0.104 e. The molecule has 1 aliphatic carbocycles. The second kappa shape index (κ2) is 5.19. The SMILES string of the molecule is CC(C)(C)NCC1(Cc2ccco2)CCOC1C1CC1. The Kier molecular flexibility index (Phi) is 3.67. The van der Waals surface area contributed by atoms with Crippen molar-refractivity contribution in [3.8, 4) is 0 Å². The molecule has 0 radical (unpaired) electrons. The van der Waals surface area contributed by atoms with Crippen LogP contribution in [0.15, 0.2) is 22.8 Å². The number of rotatable bonds is 5. The quantitative estimate of drug-likeness (QED) is 0.896. The molecule has 2 heterocycles. The molecule has 2 fully saturated rings. The molecule has 2 atom stereocenters. The zero-order valence-corrected chi connectivity index (χ0v) is 12.9. The molecule has 0 aromatic carbocycles. The molecule has 2 aliphatic rings. The summed E-state index contributed by atoms with van der Waals surface area (Å²) >= 11 is 0. The summed E-state index contributed by atoms with van der Waals surface area (Å²) in [7, 11) is 0. The highest BCUT2D eigenvalue weighted by molar-refractivity contribution is 5.09. The van der Waals surface area contributed by atoms with Crippen molar-refractivity contribution in [2.75, 3.05) is 13.2 Å². The maximum absolute atomic E-state index is 6.13. The Morgan fingerprint density at radius 3 is 2.75 bits per heavy atom. The van der Waals surface area contributed by atoms with Gasteiger partial charge in [-0.1, -0.05) is 0 Å². The van der Waals surface area contributed by atoms with Crippen LogP contribution in [-0.4, -0.2) is 24.8 Å². The van der Waals surface area contributed by atoms with E-state index in [2.05, 4.69) is 32.2 Å². The molecule has 1 saturated carbocycles. The van der Waals surface area contributed by atoms with Crippen molar-refractivity contribution in [2.45, 2.75) is 58.1 Å². The fourth-order valence-electron chi connectivity index (χ4n) is 3.39. The zero-order valence-electron chi connectivity index (χ0n) is 12.9. The average molecular weight is 277 g/mol. The number of hydrogen-bond acceptors (Lipinski definition) is 3. The van der Waals surface area contributed by atoms with Crippen LogP contribution in [0.5, 0.6) is 0 Å². The monoisotopic (exact) mass is 277 g/mol. The third-order valence-electron chi connectivity index (χ3n) is 4.63. The minimum absolute atomic E-state index is 0.146. The lowest BCUT2D eigenvalue weighted by molar-refractivity contribution is 0.0257. The molecule has 3 heteroatoms. The third kappa shape index (κ3) is 3.09. The Hall–Kier alpha value is -0.800. The maximum atomic E-state index is 6.13. The third-order valence-corrected chi connectivity index (χ3v) is 4.63. The molecule has 2 unspecified atom stereocenters. The normalized spacial score (nSPS) is 30.9. The van der Waals surface area contributed by atoms with E-state index in [1.54, 1.807) is 6.26 Å². The lowest BCUT2D eigenvalue weighted by atomic mass is 9.75. The van der Waals surface area contributed by atoms with Gasteiger partial charge in [0, 0.05) is 30.5 Å². The van der Waals surface area contributed by atoms with Gasteiger partial charge in [0.25, 0.3) is 0 Å². The van der Waals surface area contributed by atoms with Gasteiger partial charge in [-0.15, -0.1) is 0 Å². The Morgan fingerprint density at radius 1 is 1.35 bits per heavy atom. The minimum atomic E-state index is 0.146. The van der Waals surface area contributed by atoms with E-state index in [1.165, 1.54) is 12.8 Å². The van der Waals surface area contributed by atoms with Crippen molar-refractivity contribution in [2.24, 2.45) is 11.3 Å². The summed E-state index contributed by atoms with van der Waals surface area (Å²) in [6.07, 6.45) is 6.98. The lowest BCUT2D eigenvalue weighted by Gasteiger charge is -2.37. The minimum Gasteiger partial charge on any atom is -0.469 e. The molecule has 1 N–H and O–H groups in total. The topological polar surface area (TPSA) is 34.4 Å². The first-order valence-electron chi connectivity index (χ1n) is 7.88. The Labute approximate surface area is 122 Å². The second-order valence-corrected chi connectivity index (χ2v) is 7.60. The van der Waals surface area contributed by atoms with Crippen molar-refractivity contribution in [3.63, 3.8) is 0 Å². The molecular weight excluding hydrogens is 250 g/mol. The number of furan rings is 1. The van der Waals surface area contributed by atoms with Gasteiger partial charge in [-0.25, -0.2) is 0 Å². The Morgan fingerprint density at radius 2 is 2.15 bits per heavy atom. The first-order chi connectivity index (χ1) is 9.49. The van der Waals surface area contributed by atoms with Crippen LogP contribution in [0.25, 0.3) is 0 Å². The molecule has 20 heavy (non-hydrogen) atoms. The van der Waals surface area contributed by atoms with E-state index in [1.807, 2.05) is 6.07 Å². The van der Waals surface area contributed by atoms with Crippen LogP contribution in [0.4, 0.5) is 0 Å². The van der Waals surface area contributed by atoms with E-state index in [0.29, 0.717) is 6.10 Å². The lowest BCUT2D eigenvalue weighted by Crippen LogP contribution is -2.49. The standard InChI is InChI=1S/C17H27NO2/c1-16(2,3)18-12-17(11-14-5-4-9-19-14)8-10-20-15(17)13-6-7-13/h4-5,9,13,15,18H,6-8,10-12H2,1-3H3. The highest BCUT2D eigenvalue weighted by Gasteiger charge is 2.51. The largest absolute Gasteiger partial charge is 0.469 e. The van der Waals surface area contributed by atoms with Gasteiger partial charge >= 0.3 is 0 Å². The van der Waals surface area contributed by atoms with Crippen molar-refractivity contribution < 1.29 is 9.15 Å². The van der Waals surface area contributed by atoms with E-state index < -0.39 is 0 Å². The molecule has 1 aliphatic heterocycles. The molecule has 1 aromatic heterocycles. The number of nitrogens with one attached hydrogen (secondary N) is 1.